The largest absolute Gasteiger partial charge is 0.359 e. The van der Waals surface area contributed by atoms with Crippen LogP contribution in [0.4, 0.5) is 11.4 Å². The summed E-state index contributed by atoms with van der Waals surface area (Å²) in [5, 5.41) is 16.3. The Labute approximate surface area is 149 Å². The van der Waals surface area contributed by atoms with Gasteiger partial charge in [-0.15, -0.1) is 11.8 Å². The number of benzene rings is 2. The molecule has 0 radical (unpaired) electrons. The summed E-state index contributed by atoms with van der Waals surface area (Å²) in [7, 11) is 1.56. The molecular formula is C17H17N3O4S. The van der Waals surface area contributed by atoms with Crippen LogP contribution in [0.1, 0.15) is 15.9 Å². The first-order valence-corrected chi connectivity index (χ1v) is 8.60. The Bertz CT molecular complexity index is 806. The van der Waals surface area contributed by atoms with Gasteiger partial charge in [0.15, 0.2) is 0 Å². The summed E-state index contributed by atoms with van der Waals surface area (Å²) in [6, 6.07) is 11.2. The van der Waals surface area contributed by atoms with E-state index in [0.29, 0.717) is 5.69 Å². The molecule has 0 atom stereocenters. The van der Waals surface area contributed by atoms with Gasteiger partial charge in [-0.05, 0) is 36.1 Å². The summed E-state index contributed by atoms with van der Waals surface area (Å²) >= 11 is 1.40. The molecule has 2 amide bonds. The monoisotopic (exact) mass is 359 g/mol. The van der Waals surface area contributed by atoms with E-state index in [0.717, 1.165) is 10.5 Å². The number of nitrogens with zero attached hydrogens (tertiary/aromatic N) is 1. The van der Waals surface area contributed by atoms with Gasteiger partial charge in [0.25, 0.3) is 11.6 Å². The van der Waals surface area contributed by atoms with Gasteiger partial charge in [-0.1, -0.05) is 12.1 Å². The van der Waals surface area contributed by atoms with Crippen LogP contribution >= 0.6 is 11.8 Å². The van der Waals surface area contributed by atoms with E-state index in [1.54, 1.807) is 37.4 Å². The molecule has 0 aliphatic carbocycles. The Kier molecular flexibility index (Phi) is 6.13. The normalized spacial score (nSPS) is 10.2. The second kappa shape index (κ2) is 8.29. The molecule has 2 rings (SSSR count). The van der Waals surface area contributed by atoms with Gasteiger partial charge in [-0.3, -0.25) is 19.7 Å². The number of carbonyl (C=O) groups excluding carboxylic acids is 2. The molecule has 0 bridgehead atoms. The van der Waals surface area contributed by atoms with E-state index in [9.17, 15) is 19.7 Å². The molecule has 0 aromatic heterocycles. The summed E-state index contributed by atoms with van der Waals surface area (Å²) in [6.45, 7) is 0. The smallest absolute Gasteiger partial charge is 0.282 e. The van der Waals surface area contributed by atoms with Crippen LogP contribution in [0.15, 0.2) is 47.4 Å². The lowest BCUT2D eigenvalue weighted by Crippen LogP contribution is -2.19. The van der Waals surface area contributed by atoms with Crippen LogP contribution in [0.5, 0.6) is 0 Å². The molecule has 0 aliphatic rings. The van der Waals surface area contributed by atoms with Gasteiger partial charge in [0.1, 0.15) is 5.56 Å². The van der Waals surface area contributed by atoms with Crippen molar-refractivity contribution in [1.29, 1.82) is 0 Å². The fraction of sp³-hybridized carbons (Fsp3) is 0.176. The zero-order chi connectivity index (χ0) is 18.4. The second-order valence-electron chi connectivity index (χ2n) is 5.14. The molecule has 2 aromatic carbocycles. The number of nitro groups is 1. The van der Waals surface area contributed by atoms with Gasteiger partial charge < -0.3 is 10.6 Å². The van der Waals surface area contributed by atoms with E-state index in [2.05, 4.69) is 10.6 Å². The van der Waals surface area contributed by atoms with E-state index in [1.807, 2.05) is 6.26 Å². The summed E-state index contributed by atoms with van der Waals surface area (Å²) in [6.07, 6.45) is 2.07. The quantitative estimate of drug-likeness (QED) is 0.469. The first-order valence-electron chi connectivity index (χ1n) is 7.38. The van der Waals surface area contributed by atoms with Crippen molar-refractivity contribution >= 4 is 35.0 Å². The molecule has 25 heavy (non-hydrogen) atoms. The van der Waals surface area contributed by atoms with Crippen molar-refractivity contribution in [2.75, 3.05) is 18.6 Å². The highest BCUT2D eigenvalue weighted by atomic mass is 32.2. The molecule has 2 N–H and O–H groups in total. The standard InChI is InChI=1S/C17H17N3O4S/c1-18-16(21)9-11-3-5-12(6-4-11)19-17(22)14-10-13(25-2)7-8-15(14)20(23)24/h3-8,10H,9H2,1-2H3,(H,18,21)(H,19,22). The molecule has 2 aromatic rings. The van der Waals surface area contributed by atoms with Crippen LogP contribution < -0.4 is 10.6 Å². The van der Waals surface area contributed by atoms with Crippen molar-refractivity contribution in [1.82, 2.24) is 5.32 Å². The maximum Gasteiger partial charge on any atom is 0.282 e. The van der Waals surface area contributed by atoms with Gasteiger partial charge in [0.05, 0.1) is 11.3 Å². The molecule has 0 unspecified atom stereocenters. The number of anilines is 1. The van der Waals surface area contributed by atoms with Gasteiger partial charge in [0.2, 0.25) is 5.91 Å². The Morgan fingerprint density at radius 2 is 1.84 bits per heavy atom. The van der Waals surface area contributed by atoms with Crippen LogP contribution in [0.25, 0.3) is 0 Å². The fourth-order valence-corrected chi connectivity index (χ4v) is 2.60. The predicted octanol–water partition coefficient (Wildman–Crippen LogP) is 2.86. The highest BCUT2D eigenvalue weighted by molar-refractivity contribution is 7.98. The second-order valence-corrected chi connectivity index (χ2v) is 6.02. The van der Waals surface area contributed by atoms with E-state index < -0.39 is 10.8 Å². The first-order chi connectivity index (χ1) is 11.9. The van der Waals surface area contributed by atoms with E-state index in [-0.39, 0.29) is 23.6 Å². The van der Waals surface area contributed by atoms with Crippen molar-refractivity contribution in [2.24, 2.45) is 0 Å². The Balaban J connectivity index is 2.19. The zero-order valence-corrected chi connectivity index (χ0v) is 14.6. The molecular weight excluding hydrogens is 342 g/mol. The average molecular weight is 359 g/mol. The Hall–Kier alpha value is -2.87. The van der Waals surface area contributed by atoms with Crippen molar-refractivity contribution < 1.29 is 14.5 Å². The lowest BCUT2D eigenvalue weighted by atomic mass is 10.1. The molecule has 130 valence electrons. The van der Waals surface area contributed by atoms with Gasteiger partial charge >= 0.3 is 0 Å². The molecule has 8 heteroatoms. The number of nitro benzene ring substituents is 1. The molecule has 0 saturated heterocycles. The third kappa shape index (κ3) is 4.80. The highest BCUT2D eigenvalue weighted by Crippen LogP contribution is 2.25. The van der Waals surface area contributed by atoms with Crippen molar-refractivity contribution in [3.63, 3.8) is 0 Å². The molecule has 0 saturated carbocycles. The number of amides is 2. The third-order valence-electron chi connectivity index (χ3n) is 3.50. The minimum atomic E-state index is -0.578. The predicted molar refractivity (Wildman–Crippen MR) is 97.0 cm³/mol. The van der Waals surface area contributed by atoms with Crippen LogP contribution in [0, 0.1) is 10.1 Å². The zero-order valence-electron chi connectivity index (χ0n) is 13.7. The van der Waals surface area contributed by atoms with Crippen LogP contribution in [0.2, 0.25) is 0 Å². The molecule has 0 heterocycles. The van der Waals surface area contributed by atoms with Gasteiger partial charge in [-0.2, -0.15) is 0 Å². The maximum atomic E-state index is 12.4. The van der Waals surface area contributed by atoms with Gasteiger partial charge in [-0.25, -0.2) is 0 Å². The Morgan fingerprint density at radius 1 is 1.16 bits per heavy atom. The SMILES string of the molecule is CNC(=O)Cc1ccc(NC(=O)c2cc(SC)ccc2[N+](=O)[O-])cc1. The number of carbonyl (C=O) groups is 2. The van der Waals surface area contributed by atoms with Crippen molar-refractivity contribution in [3.05, 3.63) is 63.7 Å². The van der Waals surface area contributed by atoms with Crippen LogP contribution in [0.3, 0.4) is 0 Å². The molecule has 0 spiro atoms. The average Bonchev–Trinajstić information content (AvgIpc) is 2.62. The van der Waals surface area contributed by atoms with Crippen molar-refractivity contribution in [2.45, 2.75) is 11.3 Å². The van der Waals surface area contributed by atoms with E-state index >= 15 is 0 Å². The van der Waals surface area contributed by atoms with Crippen LogP contribution in [-0.4, -0.2) is 30.0 Å². The molecule has 0 aliphatic heterocycles. The number of thioether (sulfide) groups is 1. The third-order valence-corrected chi connectivity index (χ3v) is 4.23. The summed E-state index contributed by atoms with van der Waals surface area (Å²) in [5.41, 5.74) is 1.06. The summed E-state index contributed by atoms with van der Waals surface area (Å²) in [4.78, 5) is 35.1. The lowest BCUT2D eigenvalue weighted by Gasteiger charge is -2.08. The number of rotatable bonds is 6. The molecule has 0 fully saturated rings. The number of nitrogens with one attached hydrogen (secondary N) is 2. The maximum absolute atomic E-state index is 12.4. The Morgan fingerprint density at radius 3 is 2.40 bits per heavy atom. The minimum absolute atomic E-state index is 0.00582. The minimum Gasteiger partial charge on any atom is -0.359 e. The summed E-state index contributed by atoms with van der Waals surface area (Å²) in [5.74, 6) is -0.664. The van der Waals surface area contributed by atoms with Crippen molar-refractivity contribution in [3.8, 4) is 0 Å². The van der Waals surface area contributed by atoms with Crippen LogP contribution in [-0.2, 0) is 11.2 Å². The first kappa shape index (κ1) is 18.5. The van der Waals surface area contributed by atoms with E-state index in [1.165, 1.54) is 23.9 Å². The topological polar surface area (TPSA) is 101 Å². The highest BCUT2D eigenvalue weighted by Gasteiger charge is 2.20. The number of hydrogen-bond donors (Lipinski definition) is 2. The molecule has 7 nitrogen and oxygen atoms in total. The number of likely N-dealkylation sites (N-methyl/N-ethyl adjacent to an activating group) is 1. The summed E-state index contributed by atoms with van der Waals surface area (Å²) < 4.78 is 0. The van der Waals surface area contributed by atoms with Gasteiger partial charge in [0, 0.05) is 23.7 Å². The number of hydrogen-bond acceptors (Lipinski definition) is 5. The van der Waals surface area contributed by atoms with E-state index in [4.69, 9.17) is 0 Å². The lowest BCUT2D eigenvalue weighted by molar-refractivity contribution is -0.385. The fourth-order valence-electron chi connectivity index (χ4n) is 2.16.